The molecule has 0 atom stereocenters. The van der Waals surface area contributed by atoms with Crippen molar-refractivity contribution in [2.45, 2.75) is 26.8 Å². The van der Waals surface area contributed by atoms with Crippen molar-refractivity contribution in [2.75, 3.05) is 13.1 Å². The Morgan fingerprint density at radius 1 is 1.31 bits per heavy atom. The molecule has 16 heavy (non-hydrogen) atoms. The predicted octanol–water partition coefficient (Wildman–Crippen LogP) is 1.72. The van der Waals surface area contributed by atoms with Gasteiger partial charge < -0.3 is 10.6 Å². The van der Waals surface area contributed by atoms with Gasteiger partial charge in [0.2, 0.25) is 0 Å². The average Bonchev–Trinajstić information content (AvgIpc) is 2.24. The molecule has 0 aliphatic heterocycles. The van der Waals surface area contributed by atoms with E-state index in [1.54, 1.807) is 0 Å². The number of hydrogen-bond donors (Lipinski definition) is 2. The van der Waals surface area contributed by atoms with Crippen LogP contribution in [-0.4, -0.2) is 25.0 Å². The standard InChI is InChI=1S/C13H20N2O/c1-10(2)14-7-8-15-13(16)12-6-4-5-11(3)9-12/h4-6,9-10,14H,7-8H2,1-3H3,(H,15,16). The summed E-state index contributed by atoms with van der Waals surface area (Å²) in [4.78, 5) is 11.7. The maximum Gasteiger partial charge on any atom is 0.251 e. The highest BCUT2D eigenvalue weighted by atomic mass is 16.1. The molecular weight excluding hydrogens is 200 g/mol. The minimum absolute atomic E-state index is 0.00532. The second-order valence-electron chi connectivity index (χ2n) is 4.23. The molecule has 0 fully saturated rings. The lowest BCUT2D eigenvalue weighted by atomic mass is 10.1. The highest BCUT2D eigenvalue weighted by Gasteiger charge is 2.03. The third-order valence-corrected chi connectivity index (χ3v) is 2.24. The fourth-order valence-corrected chi connectivity index (χ4v) is 1.43. The van der Waals surface area contributed by atoms with Crippen molar-refractivity contribution >= 4 is 5.91 Å². The Hall–Kier alpha value is -1.35. The van der Waals surface area contributed by atoms with Gasteiger partial charge in [-0.15, -0.1) is 0 Å². The van der Waals surface area contributed by atoms with E-state index >= 15 is 0 Å². The van der Waals surface area contributed by atoms with Gasteiger partial charge in [-0.25, -0.2) is 0 Å². The molecule has 1 rings (SSSR count). The Kier molecular flexibility index (Phi) is 4.99. The summed E-state index contributed by atoms with van der Waals surface area (Å²) in [5.41, 5.74) is 1.83. The second kappa shape index (κ2) is 6.28. The van der Waals surface area contributed by atoms with Crippen molar-refractivity contribution < 1.29 is 4.79 Å². The van der Waals surface area contributed by atoms with Crippen LogP contribution < -0.4 is 10.6 Å². The maximum atomic E-state index is 11.7. The molecule has 0 radical (unpaired) electrons. The molecule has 0 aliphatic rings. The van der Waals surface area contributed by atoms with E-state index in [0.29, 0.717) is 12.6 Å². The molecule has 0 saturated heterocycles. The molecule has 0 spiro atoms. The van der Waals surface area contributed by atoms with Crippen LogP contribution in [-0.2, 0) is 0 Å². The van der Waals surface area contributed by atoms with Crippen molar-refractivity contribution in [3.63, 3.8) is 0 Å². The topological polar surface area (TPSA) is 41.1 Å². The largest absolute Gasteiger partial charge is 0.351 e. The zero-order valence-corrected chi connectivity index (χ0v) is 10.2. The fraction of sp³-hybridized carbons (Fsp3) is 0.462. The van der Waals surface area contributed by atoms with Crippen LogP contribution in [0.25, 0.3) is 0 Å². The molecule has 0 heterocycles. The summed E-state index contributed by atoms with van der Waals surface area (Å²) in [5.74, 6) is -0.00532. The maximum absolute atomic E-state index is 11.7. The van der Waals surface area contributed by atoms with E-state index in [4.69, 9.17) is 0 Å². The van der Waals surface area contributed by atoms with Crippen LogP contribution in [0.3, 0.4) is 0 Å². The molecule has 1 amide bonds. The summed E-state index contributed by atoms with van der Waals surface area (Å²) in [6, 6.07) is 8.06. The summed E-state index contributed by atoms with van der Waals surface area (Å²) in [5, 5.41) is 6.13. The van der Waals surface area contributed by atoms with E-state index < -0.39 is 0 Å². The molecule has 1 aromatic rings. The van der Waals surface area contributed by atoms with E-state index in [-0.39, 0.29) is 5.91 Å². The first-order chi connectivity index (χ1) is 7.59. The first kappa shape index (κ1) is 12.7. The molecular formula is C13H20N2O. The minimum atomic E-state index is -0.00532. The van der Waals surface area contributed by atoms with Crippen LogP contribution in [0.1, 0.15) is 29.8 Å². The molecule has 3 heteroatoms. The number of rotatable bonds is 5. The summed E-state index contributed by atoms with van der Waals surface area (Å²) in [7, 11) is 0. The van der Waals surface area contributed by atoms with Crippen molar-refractivity contribution in [3.05, 3.63) is 35.4 Å². The lowest BCUT2D eigenvalue weighted by molar-refractivity contribution is 0.0953. The van der Waals surface area contributed by atoms with Crippen LogP contribution in [0.4, 0.5) is 0 Å². The SMILES string of the molecule is Cc1cccc(C(=O)NCCNC(C)C)c1. The zero-order chi connectivity index (χ0) is 12.0. The van der Waals surface area contributed by atoms with Crippen LogP contribution in [0.2, 0.25) is 0 Å². The van der Waals surface area contributed by atoms with Crippen LogP contribution in [0.15, 0.2) is 24.3 Å². The van der Waals surface area contributed by atoms with Gasteiger partial charge in [-0.2, -0.15) is 0 Å². The Bertz CT molecular complexity index is 348. The molecule has 88 valence electrons. The van der Waals surface area contributed by atoms with E-state index in [0.717, 1.165) is 17.7 Å². The van der Waals surface area contributed by atoms with Gasteiger partial charge in [-0.05, 0) is 19.1 Å². The molecule has 3 nitrogen and oxygen atoms in total. The second-order valence-corrected chi connectivity index (χ2v) is 4.23. The quantitative estimate of drug-likeness (QED) is 0.742. The van der Waals surface area contributed by atoms with Crippen LogP contribution in [0, 0.1) is 6.92 Å². The van der Waals surface area contributed by atoms with Crippen LogP contribution >= 0.6 is 0 Å². The van der Waals surface area contributed by atoms with Crippen molar-refractivity contribution in [1.29, 1.82) is 0 Å². The number of aryl methyl sites for hydroxylation is 1. The first-order valence-electron chi connectivity index (χ1n) is 5.68. The van der Waals surface area contributed by atoms with Crippen LogP contribution in [0.5, 0.6) is 0 Å². The molecule has 0 aliphatic carbocycles. The number of benzene rings is 1. The van der Waals surface area contributed by atoms with Crippen molar-refractivity contribution in [3.8, 4) is 0 Å². The van der Waals surface area contributed by atoms with E-state index in [2.05, 4.69) is 24.5 Å². The zero-order valence-electron chi connectivity index (χ0n) is 10.2. The highest BCUT2D eigenvalue weighted by molar-refractivity contribution is 5.94. The summed E-state index contributed by atoms with van der Waals surface area (Å²) in [6.07, 6.45) is 0. The summed E-state index contributed by atoms with van der Waals surface area (Å²) < 4.78 is 0. The third-order valence-electron chi connectivity index (χ3n) is 2.24. The lowest BCUT2D eigenvalue weighted by Gasteiger charge is -2.09. The minimum Gasteiger partial charge on any atom is -0.351 e. The normalized spacial score (nSPS) is 10.5. The van der Waals surface area contributed by atoms with Crippen molar-refractivity contribution in [2.24, 2.45) is 0 Å². The average molecular weight is 220 g/mol. The molecule has 1 aromatic carbocycles. The summed E-state index contributed by atoms with van der Waals surface area (Å²) in [6.45, 7) is 7.61. The molecule has 0 unspecified atom stereocenters. The monoisotopic (exact) mass is 220 g/mol. The van der Waals surface area contributed by atoms with E-state index in [1.807, 2.05) is 31.2 Å². The van der Waals surface area contributed by atoms with Gasteiger partial charge in [-0.1, -0.05) is 31.5 Å². The Labute approximate surface area is 97.2 Å². The van der Waals surface area contributed by atoms with Gasteiger partial charge >= 0.3 is 0 Å². The predicted molar refractivity (Wildman–Crippen MR) is 66.7 cm³/mol. The first-order valence-corrected chi connectivity index (χ1v) is 5.68. The Morgan fingerprint density at radius 3 is 2.69 bits per heavy atom. The highest BCUT2D eigenvalue weighted by Crippen LogP contribution is 2.03. The summed E-state index contributed by atoms with van der Waals surface area (Å²) >= 11 is 0. The van der Waals surface area contributed by atoms with Gasteiger partial charge in [-0.3, -0.25) is 4.79 Å². The lowest BCUT2D eigenvalue weighted by Crippen LogP contribution is -2.34. The van der Waals surface area contributed by atoms with Gasteiger partial charge in [0, 0.05) is 24.7 Å². The number of hydrogen-bond acceptors (Lipinski definition) is 2. The number of amides is 1. The smallest absolute Gasteiger partial charge is 0.251 e. The molecule has 0 bridgehead atoms. The molecule has 0 saturated carbocycles. The van der Waals surface area contributed by atoms with E-state index in [1.165, 1.54) is 0 Å². The van der Waals surface area contributed by atoms with Gasteiger partial charge in [0.05, 0.1) is 0 Å². The van der Waals surface area contributed by atoms with Crippen molar-refractivity contribution in [1.82, 2.24) is 10.6 Å². The van der Waals surface area contributed by atoms with Gasteiger partial charge in [0.15, 0.2) is 0 Å². The molecule has 2 N–H and O–H groups in total. The molecule has 0 aromatic heterocycles. The fourth-order valence-electron chi connectivity index (χ4n) is 1.43. The Balaban J connectivity index is 2.35. The van der Waals surface area contributed by atoms with E-state index in [9.17, 15) is 4.79 Å². The van der Waals surface area contributed by atoms with Gasteiger partial charge in [0.25, 0.3) is 5.91 Å². The third kappa shape index (κ3) is 4.45. The van der Waals surface area contributed by atoms with Gasteiger partial charge in [0.1, 0.15) is 0 Å². The number of nitrogens with one attached hydrogen (secondary N) is 2. The Morgan fingerprint density at radius 2 is 2.06 bits per heavy atom. The number of carbonyl (C=O) groups excluding carboxylic acids is 1. The number of carbonyl (C=O) groups is 1.